The molecule has 0 radical (unpaired) electrons. The number of furan rings is 2. The molecule has 3 aromatic rings. The molecule has 12 heteroatoms. The fourth-order valence-corrected chi connectivity index (χ4v) is 4.21. The van der Waals surface area contributed by atoms with Crippen molar-refractivity contribution in [2.75, 3.05) is 6.61 Å². The summed E-state index contributed by atoms with van der Waals surface area (Å²) in [7, 11) is 0. The highest BCUT2D eigenvalue weighted by Gasteiger charge is 2.28. The minimum Gasteiger partial charge on any atom is -0.482 e. The Balaban J connectivity index is 1.38. The first kappa shape index (κ1) is 25.3. The summed E-state index contributed by atoms with van der Waals surface area (Å²) < 4.78 is 16.3. The van der Waals surface area contributed by atoms with E-state index >= 15 is 0 Å². The molecule has 36 heavy (non-hydrogen) atoms. The number of ether oxygens (including phenoxy) is 1. The molecule has 0 unspecified atom stereocenters. The standard InChI is InChI=1S/C24H22Cl2N4O6/c1-12-21-17(27-29-23(32)15-8-9-34-13(15)2)4-3-5-19(21)36-22(12)24(33)30-28-20(31)11-35-18-7-6-14(25)10-16(18)26/h6-10H,3-5,11H2,1-2H3,(H,28,31)(H,29,32)(H,30,33)/b27-17+. The normalized spacial score (nSPS) is 13.7. The smallest absolute Gasteiger partial charge is 0.305 e. The molecule has 4 rings (SSSR count). The molecule has 3 N–H and O–H groups in total. The Kier molecular flexibility index (Phi) is 7.66. The van der Waals surface area contributed by atoms with Crippen molar-refractivity contribution < 1.29 is 28.0 Å². The van der Waals surface area contributed by atoms with Crippen molar-refractivity contribution in [3.8, 4) is 5.75 Å². The molecule has 0 aliphatic heterocycles. The maximum Gasteiger partial charge on any atom is 0.305 e. The zero-order valence-corrected chi connectivity index (χ0v) is 20.9. The number of hydrazine groups is 1. The zero-order chi connectivity index (χ0) is 25.8. The number of amides is 3. The van der Waals surface area contributed by atoms with Crippen LogP contribution in [0.25, 0.3) is 0 Å². The Bertz CT molecular complexity index is 1360. The first-order chi connectivity index (χ1) is 17.2. The van der Waals surface area contributed by atoms with Crippen molar-refractivity contribution in [2.45, 2.75) is 33.1 Å². The maximum absolute atomic E-state index is 12.7. The van der Waals surface area contributed by atoms with Crippen LogP contribution in [-0.4, -0.2) is 30.0 Å². The lowest BCUT2D eigenvalue weighted by Gasteiger charge is -2.13. The summed E-state index contributed by atoms with van der Waals surface area (Å²) in [5, 5.41) is 4.96. The molecule has 2 aromatic heterocycles. The quantitative estimate of drug-likeness (QED) is 0.409. The van der Waals surface area contributed by atoms with Crippen LogP contribution in [0.1, 0.15) is 56.4 Å². The zero-order valence-electron chi connectivity index (χ0n) is 19.4. The van der Waals surface area contributed by atoms with Gasteiger partial charge in [-0.1, -0.05) is 23.2 Å². The Hall–Kier alpha value is -3.76. The number of rotatable bonds is 6. The van der Waals surface area contributed by atoms with Gasteiger partial charge in [0.1, 0.15) is 17.3 Å². The number of aryl methyl sites for hydroxylation is 2. The number of hydrazone groups is 1. The first-order valence-electron chi connectivity index (χ1n) is 10.9. The van der Waals surface area contributed by atoms with Gasteiger partial charge in [0, 0.05) is 22.6 Å². The monoisotopic (exact) mass is 532 g/mol. The summed E-state index contributed by atoms with van der Waals surface area (Å²) in [5.41, 5.74) is 9.33. The number of carbonyl (C=O) groups excluding carboxylic acids is 3. The van der Waals surface area contributed by atoms with Crippen LogP contribution in [0.4, 0.5) is 0 Å². The maximum atomic E-state index is 12.7. The van der Waals surface area contributed by atoms with Gasteiger partial charge in [-0.05, 0) is 51.0 Å². The molecule has 1 aliphatic carbocycles. The lowest BCUT2D eigenvalue weighted by molar-refractivity contribution is -0.123. The highest BCUT2D eigenvalue weighted by atomic mass is 35.5. The van der Waals surface area contributed by atoms with Crippen LogP contribution >= 0.6 is 23.2 Å². The molecule has 1 aliphatic rings. The molecule has 3 amide bonds. The number of carbonyl (C=O) groups is 3. The van der Waals surface area contributed by atoms with Crippen LogP contribution in [0.2, 0.25) is 10.0 Å². The number of fused-ring (bicyclic) bond motifs is 1. The summed E-state index contributed by atoms with van der Waals surface area (Å²) in [6.45, 7) is 3.01. The largest absolute Gasteiger partial charge is 0.482 e. The van der Waals surface area contributed by atoms with E-state index in [9.17, 15) is 14.4 Å². The van der Waals surface area contributed by atoms with Gasteiger partial charge in [0.15, 0.2) is 12.4 Å². The van der Waals surface area contributed by atoms with Gasteiger partial charge in [0.25, 0.3) is 11.8 Å². The summed E-state index contributed by atoms with van der Waals surface area (Å²) in [5.74, 6) is -0.264. The predicted octanol–water partition coefficient (Wildman–Crippen LogP) is 4.11. The number of nitrogens with zero attached hydrogens (tertiary/aromatic N) is 1. The second-order valence-electron chi connectivity index (χ2n) is 7.96. The molecule has 0 bridgehead atoms. The average molecular weight is 533 g/mol. The van der Waals surface area contributed by atoms with Crippen molar-refractivity contribution >= 4 is 46.6 Å². The second-order valence-corrected chi connectivity index (χ2v) is 8.81. The van der Waals surface area contributed by atoms with Gasteiger partial charge >= 0.3 is 5.91 Å². The fourth-order valence-electron chi connectivity index (χ4n) is 3.75. The van der Waals surface area contributed by atoms with Crippen LogP contribution in [0, 0.1) is 13.8 Å². The van der Waals surface area contributed by atoms with E-state index in [2.05, 4.69) is 21.4 Å². The number of hydrogen-bond acceptors (Lipinski definition) is 7. The van der Waals surface area contributed by atoms with Crippen LogP contribution in [-0.2, 0) is 11.2 Å². The molecular formula is C24H22Cl2N4O6. The second kappa shape index (κ2) is 10.9. The van der Waals surface area contributed by atoms with Crippen LogP contribution < -0.4 is 21.0 Å². The average Bonchev–Trinajstić information content (AvgIpc) is 3.43. The molecule has 2 heterocycles. The van der Waals surface area contributed by atoms with Crippen LogP contribution in [0.15, 0.2) is 44.5 Å². The summed E-state index contributed by atoms with van der Waals surface area (Å²) in [6, 6.07) is 6.16. The summed E-state index contributed by atoms with van der Waals surface area (Å²) in [6.07, 6.45) is 3.38. The van der Waals surface area contributed by atoms with Crippen molar-refractivity contribution in [1.29, 1.82) is 0 Å². The lowest BCUT2D eigenvalue weighted by Crippen LogP contribution is -2.43. The molecule has 10 nitrogen and oxygen atoms in total. The third-order valence-electron chi connectivity index (χ3n) is 5.50. The fraction of sp³-hybridized carbons (Fsp3) is 0.250. The minimum atomic E-state index is -0.641. The molecule has 0 saturated heterocycles. The number of hydrogen-bond donors (Lipinski definition) is 3. The number of halogens is 2. The van der Waals surface area contributed by atoms with Gasteiger partial charge in [-0.2, -0.15) is 5.10 Å². The summed E-state index contributed by atoms with van der Waals surface area (Å²) >= 11 is 11.8. The van der Waals surface area contributed by atoms with E-state index in [4.69, 9.17) is 36.8 Å². The lowest BCUT2D eigenvalue weighted by atomic mass is 9.93. The van der Waals surface area contributed by atoms with E-state index in [1.54, 1.807) is 26.0 Å². The third kappa shape index (κ3) is 5.55. The van der Waals surface area contributed by atoms with Crippen molar-refractivity contribution in [3.05, 3.63) is 74.5 Å². The topological polar surface area (TPSA) is 135 Å². The first-order valence-corrected chi connectivity index (χ1v) is 11.7. The van der Waals surface area contributed by atoms with Crippen LogP contribution in [0.3, 0.4) is 0 Å². The Labute approximate surface area is 215 Å². The molecule has 1 aromatic carbocycles. The number of benzene rings is 1. The molecule has 0 saturated carbocycles. The SMILES string of the molecule is Cc1occc1C(=O)N/N=C1\CCCc2oc(C(=O)NNC(=O)COc3ccc(Cl)cc3Cl)c(C)c21. The highest BCUT2D eigenvalue weighted by molar-refractivity contribution is 6.35. The van der Waals surface area contributed by atoms with Gasteiger partial charge < -0.3 is 13.6 Å². The Morgan fingerprint density at radius 1 is 1.08 bits per heavy atom. The van der Waals surface area contributed by atoms with E-state index < -0.39 is 17.7 Å². The van der Waals surface area contributed by atoms with E-state index in [0.717, 1.165) is 6.42 Å². The molecule has 0 fully saturated rings. The van der Waals surface area contributed by atoms with Gasteiger partial charge in [0.2, 0.25) is 0 Å². The Morgan fingerprint density at radius 2 is 1.89 bits per heavy atom. The van der Waals surface area contributed by atoms with Crippen molar-refractivity contribution in [1.82, 2.24) is 16.3 Å². The minimum absolute atomic E-state index is 0.0357. The van der Waals surface area contributed by atoms with E-state index in [1.165, 1.54) is 18.4 Å². The molecule has 0 atom stereocenters. The van der Waals surface area contributed by atoms with E-state index in [1.807, 2.05) is 0 Å². The van der Waals surface area contributed by atoms with Gasteiger partial charge in [-0.15, -0.1) is 0 Å². The van der Waals surface area contributed by atoms with Gasteiger partial charge in [-0.3, -0.25) is 25.2 Å². The predicted molar refractivity (Wildman–Crippen MR) is 131 cm³/mol. The van der Waals surface area contributed by atoms with E-state index in [-0.39, 0.29) is 23.1 Å². The molecule has 188 valence electrons. The highest BCUT2D eigenvalue weighted by Crippen LogP contribution is 2.30. The summed E-state index contributed by atoms with van der Waals surface area (Å²) in [4.78, 5) is 37.2. The number of nitrogens with one attached hydrogen (secondary N) is 3. The van der Waals surface area contributed by atoms with Crippen molar-refractivity contribution in [3.63, 3.8) is 0 Å². The Morgan fingerprint density at radius 3 is 2.61 bits per heavy atom. The van der Waals surface area contributed by atoms with Gasteiger partial charge in [-0.25, -0.2) is 5.43 Å². The van der Waals surface area contributed by atoms with E-state index in [0.29, 0.717) is 51.8 Å². The molecular weight excluding hydrogens is 511 g/mol. The van der Waals surface area contributed by atoms with Gasteiger partial charge in [0.05, 0.1) is 22.6 Å². The van der Waals surface area contributed by atoms with Crippen LogP contribution in [0.5, 0.6) is 5.75 Å². The molecule has 0 spiro atoms. The third-order valence-corrected chi connectivity index (χ3v) is 6.03. The van der Waals surface area contributed by atoms with Crippen molar-refractivity contribution in [2.24, 2.45) is 5.10 Å².